The fourth-order valence-corrected chi connectivity index (χ4v) is 0.738. The molecule has 1 aromatic rings. The second kappa shape index (κ2) is 5.99. The maximum Gasteiger partial charge on any atom is 0.251 e. The Balaban J connectivity index is 0. The van der Waals surface area contributed by atoms with E-state index in [9.17, 15) is 4.79 Å². The number of nitrogens with two attached hydrogens (primary N) is 1. The van der Waals surface area contributed by atoms with Gasteiger partial charge in [-0.15, -0.1) is 24.8 Å². The molecule has 3 N–H and O–H groups in total. The van der Waals surface area contributed by atoms with Gasteiger partial charge in [0.05, 0.1) is 6.54 Å². The van der Waals surface area contributed by atoms with Crippen molar-refractivity contribution in [1.82, 2.24) is 9.97 Å². The predicted molar refractivity (Wildman–Crippen MR) is 52.0 cm³/mol. The van der Waals surface area contributed by atoms with Crippen LogP contribution in [0.15, 0.2) is 10.9 Å². The third kappa shape index (κ3) is 3.71. The molecule has 0 spiro atoms. The Labute approximate surface area is 82.4 Å². The third-order valence-corrected chi connectivity index (χ3v) is 1.11. The third-order valence-electron chi connectivity index (χ3n) is 1.11. The van der Waals surface area contributed by atoms with Gasteiger partial charge < -0.3 is 10.7 Å². The van der Waals surface area contributed by atoms with Gasteiger partial charge in [-0.2, -0.15) is 0 Å². The van der Waals surface area contributed by atoms with Crippen LogP contribution in [0.5, 0.6) is 0 Å². The molecule has 0 unspecified atom stereocenters. The van der Waals surface area contributed by atoms with E-state index in [0.29, 0.717) is 11.5 Å². The van der Waals surface area contributed by atoms with E-state index in [1.54, 1.807) is 6.92 Å². The van der Waals surface area contributed by atoms with E-state index in [-0.39, 0.29) is 36.9 Å². The highest BCUT2D eigenvalue weighted by atomic mass is 35.5. The lowest BCUT2D eigenvalue weighted by atomic mass is 10.4. The van der Waals surface area contributed by atoms with Crippen molar-refractivity contribution in [3.8, 4) is 0 Å². The minimum atomic E-state index is -0.145. The zero-order valence-electron chi connectivity index (χ0n) is 6.53. The molecule has 1 rings (SSSR count). The van der Waals surface area contributed by atoms with Crippen molar-refractivity contribution in [2.24, 2.45) is 5.73 Å². The van der Waals surface area contributed by atoms with Crippen molar-refractivity contribution >= 4 is 24.8 Å². The van der Waals surface area contributed by atoms with Crippen LogP contribution >= 0.6 is 24.8 Å². The first-order valence-corrected chi connectivity index (χ1v) is 2.99. The number of halogens is 2. The summed E-state index contributed by atoms with van der Waals surface area (Å²) in [6, 6.07) is 1.43. The number of aryl methyl sites for hydroxylation is 1. The number of aromatic amines is 1. The lowest BCUT2D eigenvalue weighted by molar-refractivity contribution is 0.875. The van der Waals surface area contributed by atoms with Gasteiger partial charge in [-0.1, -0.05) is 0 Å². The highest BCUT2D eigenvalue weighted by molar-refractivity contribution is 5.85. The summed E-state index contributed by atoms with van der Waals surface area (Å²) < 4.78 is 0. The van der Waals surface area contributed by atoms with Crippen LogP contribution in [-0.2, 0) is 6.54 Å². The van der Waals surface area contributed by atoms with E-state index in [2.05, 4.69) is 9.97 Å². The molecule has 0 saturated carbocycles. The summed E-state index contributed by atoms with van der Waals surface area (Å²) in [5.41, 5.74) is 5.81. The molecule has 1 aromatic heterocycles. The first-order chi connectivity index (χ1) is 4.72. The first-order valence-electron chi connectivity index (χ1n) is 2.99. The average Bonchev–Trinajstić information content (AvgIpc) is 1.85. The highest BCUT2D eigenvalue weighted by Gasteiger charge is 1.92. The van der Waals surface area contributed by atoms with Crippen molar-refractivity contribution < 1.29 is 0 Å². The van der Waals surface area contributed by atoms with Gasteiger partial charge in [-0.05, 0) is 6.92 Å². The van der Waals surface area contributed by atoms with E-state index in [1.807, 2.05) is 0 Å². The molecular weight excluding hydrogens is 201 g/mol. The molecular formula is C6H11Cl2N3O. The Morgan fingerprint density at radius 1 is 1.58 bits per heavy atom. The number of hydrogen-bond donors (Lipinski definition) is 2. The largest absolute Gasteiger partial charge is 0.324 e. The summed E-state index contributed by atoms with van der Waals surface area (Å²) in [5.74, 6) is 0.532. The molecule has 70 valence electrons. The summed E-state index contributed by atoms with van der Waals surface area (Å²) in [6.45, 7) is 2.03. The van der Waals surface area contributed by atoms with Gasteiger partial charge in [0.25, 0.3) is 5.56 Å². The Morgan fingerprint density at radius 2 is 2.17 bits per heavy atom. The quantitative estimate of drug-likeness (QED) is 0.706. The molecule has 0 aliphatic carbocycles. The van der Waals surface area contributed by atoms with Crippen LogP contribution in [0.2, 0.25) is 0 Å². The van der Waals surface area contributed by atoms with Crippen molar-refractivity contribution in [2.45, 2.75) is 13.5 Å². The maximum absolute atomic E-state index is 10.7. The molecule has 12 heavy (non-hydrogen) atoms. The minimum absolute atomic E-state index is 0. The molecule has 4 nitrogen and oxygen atoms in total. The van der Waals surface area contributed by atoms with E-state index >= 15 is 0 Å². The van der Waals surface area contributed by atoms with Gasteiger partial charge in [-0.25, -0.2) is 4.98 Å². The first kappa shape index (κ1) is 14.0. The monoisotopic (exact) mass is 211 g/mol. The second-order valence-electron chi connectivity index (χ2n) is 2.04. The highest BCUT2D eigenvalue weighted by Crippen LogP contribution is 1.86. The van der Waals surface area contributed by atoms with Gasteiger partial charge in [0.1, 0.15) is 5.82 Å². The van der Waals surface area contributed by atoms with E-state index in [4.69, 9.17) is 5.73 Å². The van der Waals surface area contributed by atoms with Crippen LogP contribution in [0.25, 0.3) is 0 Å². The smallest absolute Gasteiger partial charge is 0.251 e. The van der Waals surface area contributed by atoms with Crippen molar-refractivity contribution in [2.75, 3.05) is 0 Å². The van der Waals surface area contributed by atoms with E-state index < -0.39 is 0 Å². The fourth-order valence-electron chi connectivity index (χ4n) is 0.738. The van der Waals surface area contributed by atoms with Gasteiger partial charge in [0, 0.05) is 11.8 Å². The van der Waals surface area contributed by atoms with Crippen LogP contribution in [0.1, 0.15) is 11.5 Å². The number of nitrogens with zero attached hydrogens (tertiary/aromatic N) is 1. The van der Waals surface area contributed by atoms with Crippen molar-refractivity contribution in [3.05, 3.63) is 27.9 Å². The molecule has 0 aliphatic rings. The maximum atomic E-state index is 10.7. The average molecular weight is 212 g/mol. The normalized spacial score (nSPS) is 8.17. The molecule has 0 aliphatic heterocycles. The topological polar surface area (TPSA) is 71.8 Å². The van der Waals surface area contributed by atoms with Crippen LogP contribution in [0.4, 0.5) is 0 Å². The summed E-state index contributed by atoms with van der Waals surface area (Å²) in [4.78, 5) is 17.2. The van der Waals surface area contributed by atoms with Crippen LogP contribution in [-0.4, -0.2) is 9.97 Å². The molecule has 0 aromatic carbocycles. The van der Waals surface area contributed by atoms with Crippen LogP contribution in [0, 0.1) is 6.92 Å². The molecule has 0 bridgehead atoms. The van der Waals surface area contributed by atoms with Gasteiger partial charge >= 0.3 is 0 Å². The number of H-pyrrole nitrogens is 1. The van der Waals surface area contributed by atoms with Crippen LogP contribution in [0.3, 0.4) is 0 Å². The van der Waals surface area contributed by atoms with E-state index in [1.165, 1.54) is 6.07 Å². The Kier molecular flexibility index (Phi) is 6.98. The Morgan fingerprint density at radius 3 is 2.58 bits per heavy atom. The van der Waals surface area contributed by atoms with Gasteiger partial charge in [0.2, 0.25) is 0 Å². The molecule has 0 fully saturated rings. The number of aromatic nitrogens is 2. The van der Waals surface area contributed by atoms with Gasteiger partial charge in [-0.3, -0.25) is 4.79 Å². The zero-order chi connectivity index (χ0) is 7.56. The standard InChI is InChI=1S/C6H9N3O.2ClH/c1-4-2-6(10)9-5(3-7)8-4;;/h2H,3,7H2,1H3,(H,8,9,10);2*1H. The summed E-state index contributed by atoms with van der Waals surface area (Å²) in [7, 11) is 0. The predicted octanol–water partition coefficient (Wildman–Crippen LogP) is 0.381. The fraction of sp³-hybridized carbons (Fsp3) is 0.333. The number of hydrogen-bond acceptors (Lipinski definition) is 3. The van der Waals surface area contributed by atoms with Gasteiger partial charge in [0.15, 0.2) is 0 Å². The van der Waals surface area contributed by atoms with Crippen molar-refractivity contribution in [3.63, 3.8) is 0 Å². The SMILES string of the molecule is Cc1cc(=O)[nH]c(CN)n1.Cl.Cl. The molecule has 6 heteroatoms. The summed E-state index contributed by atoms with van der Waals surface area (Å²) in [5, 5.41) is 0. The molecule has 0 amide bonds. The van der Waals surface area contributed by atoms with Crippen LogP contribution < -0.4 is 11.3 Å². The van der Waals surface area contributed by atoms with E-state index in [0.717, 1.165) is 0 Å². The molecule has 1 heterocycles. The van der Waals surface area contributed by atoms with Crippen molar-refractivity contribution in [1.29, 1.82) is 0 Å². The number of nitrogens with one attached hydrogen (secondary N) is 1. The summed E-state index contributed by atoms with van der Waals surface area (Å²) >= 11 is 0. The second-order valence-corrected chi connectivity index (χ2v) is 2.04. The minimum Gasteiger partial charge on any atom is -0.324 e. The Hall–Kier alpha value is -0.580. The lowest BCUT2D eigenvalue weighted by Gasteiger charge is -1.95. The number of rotatable bonds is 1. The molecule has 0 radical (unpaired) electrons. The lowest BCUT2D eigenvalue weighted by Crippen LogP contribution is -2.13. The Bertz CT molecular complexity index is 286. The summed E-state index contributed by atoms with van der Waals surface area (Å²) in [6.07, 6.45) is 0. The molecule has 0 atom stereocenters. The zero-order valence-corrected chi connectivity index (χ0v) is 8.17. The molecule has 0 saturated heterocycles.